The van der Waals surface area contributed by atoms with Crippen LogP contribution in [0, 0.1) is 17.8 Å². The number of carbonyl (C=O) groups is 2. The molecule has 2 bridgehead atoms. The lowest BCUT2D eigenvalue weighted by molar-refractivity contribution is -0.137. The quantitative estimate of drug-likeness (QED) is 0.837. The number of carboxylic acid groups (broad SMARTS) is 1. The molecule has 1 saturated heterocycles. The molecule has 3 fully saturated rings. The van der Waals surface area contributed by atoms with Crippen molar-refractivity contribution in [3.63, 3.8) is 0 Å². The molecule has 3 rings (SSSR count). The fourth-order valence-electron chi connectivity index (χ4n) is 4.81. The maximum atomic E-state index is 12.4. The normalized spacial score (nSPS) is 36.0. The number of urea groups is 1. The van der Waals surface area contributed by atoms with Crippen LogP contribution in [0.15, 0.2) is 0 Å². The highest BCUT2D eigenvalue weighted by Gasteiger charge is 2.42. The van der Waals surface area contributed by atoms with Crippen molar-refractivity contribution in [1.82, 2.24) is 10.2 Å². The minimum atomic E-state index is -0.819. The number of fused-ring (bicyclic) bond motifs is 2. The molecule has 0 aromatic heterocycles. The van der Waals surface area contributed by atoms with Gasteiger partial charge in [-0.15, -0.1) is 0 Å². The van der Waals surface area contributed by atoms with Crippen LogP contribution in [0.5, 0.6) is 0 Å². The van der Waals surface area contributed by atoms with Gasteiger partial charge in [-0.25, -0.2) is 4.79 Å². The fourth-order valence-corrected chi connectivity index (χ4v) is 4.81. The molecule has 3 aliphatic rings. The Balaban J connectivity index is 1.54. The summed E-state index contributed by atoms with van der Waals surface area (Å²) >= 11 is 0. The Morgan fingerprint density at radius 1 is 1.29 bits per heavy atom. The predicted octanol–water partition coefficient (Wildman–Crippen LogP) is 2.46. The molecular weight excluding hydrogens is 268 g/mol. The lowest BCUT2D eigenvalue weighted by Crippen LogP contribution is -2.49. The molecular formula is C16H26N2O3. The smallest absolute Gasteiger partial charge is 0.317 e. The Bertz CT molecular complexity index is 426. The van der Waals surface area contributed by atoms with Gasteiger partial charge in [-0.3, -0.25) is 4.79 Å². The van der Waals surface area contributed by atoms with Gasteiger partial charge >= 0.3 is 12.0 Å². The molecule has 1 aliphatic heterocycles. The van der Waals surface area contributed by atoms with Crippen molar-refractivity contribution in [1.29, 1.82) is 0 Å². The number of aliphatic carboxylic acids is 1. The number of hydrogen-bond donors (Lipinski definition) is 2. The van der Waals surface area contributed by atoms with Crippen molar-refractivity contribution >= 4 is 12.0 Å². The third-order valence-corrected chi connectivity index (χ3v) is 5.83. The van der Waals surface area contributed by atoms with E-state index in [1.54, 1.807) is 4.90 Å². The average molecular weight is 294 g/mol. The molecule has 118 valence electrons. The molecule has 2 saturated carbocycles. The Labute approximate surface area is 126 Å². The number of nitrogens with one attached hydrogen (secondary N) is 1. The van der Waals surface area contributed by atoms with Crippen molar-refractivity contribution in [2.75, 3.05) is 6.54 Å². The van der Waals surface area contributed by atoms with Crippen LogP contribution in [0.25, 0.3) is 0 Å². The summed E-state index contributed by atoms with van der Waals surface area (Å²) in [7, 11) is 0. The largest absolute Gasteiger partial charge is 0.481 e. The van der Waals surface area contributed by atoms with Gasteiger partial charge in [-0.1, -0.05) is 6.42 Å². The van der Waals surface area contributed by atoms with Crippen LogP contribution in [0.1, 0.15) is 51.9 Å². The fraction of sp³-hybridized carbons (Fsp3) is 0.875. The topological polar surface area (TPSA) is 69.6 Å². The molecule has 0 aromatic rings. The van der Waals surface area contributed by atoms with E-state index in [1.807, 2.05) is 0 Å². The number of rotatable bonds is 4. The molecule has 1 heterocycles. The van der Waals surface area contributed by atoms with Gasteiger partial charge < -0.3 is 15.3 Å². The Morgan fingerprint density at radius 2 is 2.10 bits per heavy atom. The van der Waals surface area contributed by atoms with E-state index < -0.39 is 5.97 Å². The number of carbonyl (C=O) groups excluding carboxylic acids is 1. The number of nitrogens with zero attached hydrogens (tertiary/aromatic N) is 1. The molecule has 0 spiro atoms. The third-order valence-electron chi connectivity index (χ3n) is 5.83. The van der Waals surface area contributed by atoms with E-state index in [2.05, 4.69) is 12.2 Å². The number of amides is 2. The second-order valence-corrected chi connectivity index (χ2v) is 7.16. The molecule has 2 N–H and O–H groups in total. The summed E-state index contributed by atoms with van der Waals surface area (Å²) in [5.74, 6) is 1.47. The number of carboxylic acids is 1. The van der Waals surface area contributed by atoms with Crippen LogP contribution in [0.3, 0.4) is 0 Å². The van der Waals surface area contributed by atoms with Gasteiger partial charge in [0.15, 0.2) is 0 Å². The van der Waals surface area contributed by atoms with Crippen molar-refractivity contribution in [2.45, 2.75) is 64.0 Å². The first-order valence-electron chi connectivity index (χ1n) is 8.33. The van der Waals surface area contributed by atoms with E-state index in [9.17, 15) is 9.59 Å². The van der Waals surface area contributed by atoms with Gasteiger partial charge in [0, 0.05) is 18.6 Å². The van der Waals surface area contributed by atoms with Gasteiger partial charge in [0.05, 0.1) is 6.42 Å². The molecule has 5 unspecified atom stereocenters. The summed E-state index contributed by atoms with van der Waals surface area (Å²) in [6.07, 6.45) is 7.07. The summed E-state index contributed by atoms with van der Waals surface area (Å²) in [4.78, 5) is 25.0. The Hall–Kier alpha value is -1.26. The van der Waals surface area contributed by atoms with Gasteiger partial charge in [-0.05, 0) is 56.8 Å². The highest BCUT2D eigenvalue weighted by molar-refractivity contribution is 5.76. The summed E-state index contributed by atoms with van der Waals surface area (Å²) < 4.78 is 0. The molecule has 21 heavy (non-hydrogen) atoms. The second kappa shape index (κ2) is 5.85. The van der Waals surface area contributed by atoms with Crippen molar-refractivity contribution in [2.24, 2.45) is 17.8 Å². The first kappa shape index (κ1) is 14.7. The first-order chi connectivity index (χ1) is 10.0. The minimum Gasteiger partial charge on any atom is -0.481 e. The van der Waals surface area contributed by atoms with Crippen LogP contribution in [0.4, 0.5) is 4.79 Å². The zero-order valence-corrected chi connectivity index (χ0v) is 12.8. The Kier molecular flexibility index (Phi) is 4.09. The van der Waals surface area contributed by atoms with Crippen LogP contribution < -0.4 is 5.32 Å². The lowest BCUT2D eigenvalue weighted by atomic mass is 9.84. The first-order valence-corrected chi connectivity index (χ1v) is 8.33. The SMILES string of the molecule is CC(NC(=O)N1CCCC1CC(=O)O)C1CC2CCC1C2. The maximum Gasteiger partial charge on any atom is 0.317 e. The maximum absolute atomic E-state index is 12.4. The van der Waals surface area contributed by atoms with Gasteiger partial charge in [0.2, 0.25) is 0 Å². The molecule has 0 radical (unpaired) electrons. The number of likely N-dealkylation sites (tertiary alicyclic amines) is 1. The molecule has 5 atom stereocenters. The van der Waals surface area contributed by atoms with Crippen molar-refractivity contribution in [3.8, 4) is 0 Å². The molecule has 2 amide bonds. The highest BCUT2D eigenvalue weighted by Crippen LogP contribution is 2.49. The average Bonchev–Trinajstić information content (AvgIpc) is 3.12. The van der Waals surface area contributed by atoms with Crippen molar-refractivity contribution < 1.29 is 14.7 Å². The molecule has 0 aromatic carbocycles. The standard InChI is InChI=1S/C16H26N2O3/c1-10(14-8-11-4-5-12(14)7-11)17-16(21)18-6-2-3-13(18)9-15(19)20/h10-14H,2-9H2,1H3,(H,17,21)(H,19,20). The van der Waals surface area contributed by atoms with Crippen molar-refractivity contribution in [3.05, 3.63) is 0 Å². The van der Waals surface area contributed by atoms with Gasteiger partial charge in [0.1, 0.15) is 0 Å². The summed E-state index contributed by atoms with van der Waals surface area (Å²) in [6, 6.07) is 0.0163. The van der Waals surface area contributed by atoms with Crippen LogP contribution in [-0.4, -0.2) is 40.6 Å². The van der Waals surface area contributed by atoms with E-state index in [4.69, 9.17) is 5.11 Å². The van der Waals surface area contributed by atoms with E-state index in [0.29, 0.717) is 12.5 Å². The third kappa shape index (κ3) is 3.01. The molecule has 5 nitrogen and oxygen atoms in total. The second-order valence-electron chi connectivity index (χ2n) is 7.16. The van der Waals surface area contributed by atoms with Gasteiger partial charge in [-0.2, -0.15) is 0 Å². The Morgan fingerprint density at radius 3 is 2.71 bits per heavy atom. The van der Waals surface area contributed by atoms with Gasteiger partial charge in [0.25, 0.3) is 0 Å². The zero-order valence-electron chi connectivity index (χ0n) is 12.8. The van der Waals surface area contributed by atoms with E-state index in [1.165, 1.54) is 25.7 Å². The van der Waals surface area contributed by atoms with E-state index >= 15 is 0 Å². The molecule has 5 heteroatoms. The molecule has 2 aliphatic carbocycles. The van der Waals surface area contributed by atoms with Crippen LogP contribution >= 0.6 is 0 Å². The van der Waals surface area contributed by atoms with E-state index in [0.717, 1.165) is 24.7 Å². The summed E-state index contributed by atoms with van der Waals surface area (Å²) in [5, 5.41) is 12.1. The number of hydrogen-bond acceptors (Lipinski definition) is 2. The van der Waals surface area contributed by atoms with Crippen LogP contribution in [0.2, 0.25) is 0 Å². The minimum absolute atomic E-state index is 0.0611. The zero-order chi connectivity index (χ0) is 15.0. The van der Waals surface area contributed by atoms with Crippen LogP contribution in [-0.2, 0) is 4.79 Å². The highest BCUT2D eigenvalue weighted by atomic mass is 16.4. The predicted molar refractivity (Wildman–Crippen MR) is 78.9 cm³/mol. The summed E-state index contributed by atoms with van der Waals surface area (Å²) in [6.45, 7) is 2.80. The monoisotopic (exact) mass is 294 g/mol. The lowest BCUT2D eigenvalue weighted by Gasteiger charge is -2.31. The summed E-state index contributed by atoms with van der Waals surface area (Å²) in [5.41, 5.74) is 0. The van der Waals surface area contributed by atoms with E-state index in [-0.39, 0.29) is 24.5 Å².